The second kappa shape index (κ2) is 4.84. The fourth-order valence-corrected chi connectivity index (χ4v) is 3.43. The maximum Gasteiger partial charge on any atom is 0.244 e. The van der Waals surface area contributed by atoms with E-state index in [0.29, 0.717) is 17.9 Å². The molecule has 2 fully saturated rings. The number of nitrogens with one attached hydrogen (secondary N) is 1. The minimum Gasteiger partial charge on any atom is -0.322 e. The van der Waals surface area contributed by atoms with Gasteiger partial charge in [-0.05, 0) is 44.4 Å². The summed E-state index contributed by atoms with van der Waals surface area (Å²) in [5.74, 6) is 1.56. The maximum absolute atomic E-state index is 12.7. The lowest BCUT2D eigenvalue weighted by Crippen LogP contribution is -2.46. The summed E-state index contributed by atoms with van der Waals surface area (Å²) in [6.07, 6.45) is 4.71. The van der Waals surface area contributed by atoms with E-state index in [9.17, 15) is 4.79 Å². The number of carbonyl (C=O) groups excluding carboxylic acids is 1. The molecular formula is C15H28N2O. The SMILES string of the molecule is CCC1(C)NC(C(C)C)N(C2CCC(C)C2)C1=O. The van der Waals surface area contributed by atoms with Crippen LogP contribution in [-0.4, -0.2) is 28.6 Å². The van der Waals surface area contributed by atoms with Gasteiger partial charge in [0, 0.05) is 6.04 Å². The molecule has 0 aromatic rings. The molecule has 0 aromatic heterocycles. The number of amides is 1. The summed E-state index contributed by atoms with van der Waals surface area (Å²) in [7, 11) is 0. The van der Waals surface area contributed by atoms with Crippen molar-refractivity contribution >= 4 is 5.91 Å². The summed E-state index contributed by atoms with van der Waals surface area (Å²) in [4.78, 5) is 14.9. The summed E-state index contributed by atoms with van der Waals surface area (Å²) in [5.41, 5.74) is -0.346. The highest BCUT2D eigenvalue weighted by atomic mass is 16.2. The van der Waals surface area contributed by atoms with E-state index in [2.05, 4.69) is 44.8 Å². The molecule has 0 aromatic carbocycles. The van der Waals surface area contributed by atoms with E-state index in [0.717, 1.165) is 12.3 Å². The zero-order chi connectivity index (χ0) is 13.5. The predicted molar refractivity (Wildman–Crippen MR) is 74.1 cm³/mol. The van der Waals surface area contributed by atoms with Gasteiger partial charge < -0.3 is 4.90 Å². The number of carbonyl (C=O) groups is 1. The lowest BCUT2D eigenvalue weighted by molar-refractivity contribution is -0.135. The third kappa shape index (κ3) is 2.18. The van der Waals surface area contributed by atoms with Crippen molar-refractivity contribution in [2.45, 2.75) is 78.0 Å². The first-order valence-corrected chi connectivity index (χ1v) is 7.49. The van der Waals surface area contributed by atoms with Gasteiger partial charge in [0.2, 0.25) is 5.91 Å². The van der Waals surface area contributed by atoms with Crippen molar-refractivity contribution in [3.8, 4) is 0 Å². The normalized spacial score (nSPS) is 41.1. The highest BCUT2D eigenvalue weighted by molar-refractivity contribution is 5.88. The standard InChI is InChI=1S/C15H28N2O/c1-6-15(5)14(18)17(13(16-15)10(2)3)12-8-7-11(4)9-12/h10-13,16H,6-9H2,1-5H3. The second-order valence-corrected chi connectivity index (χ2v) is 6.80. The number of nitrogens with zero attached hydrogens (tertiary/aromatic N) is 1. The van der Waals surface area contributed by atoms with E-state index < -0.39 is 0 Å². The molecule has 1 amide bonds. The monoisotopic (exact) mass is 252 g/mol. The third-order valence-electron chi connectivity index (χ3n) is 4.87. The molecule has 104 valence electrons. The third-order valence-corrected chi connectivity index (χ3v) is 4.87. The van der Waals surface area contributed by atoms with Gasteiger partial charge in [0.25, 0.3) is 0 Å². The van der Waals surface area contributed by atoms with Crippen LogP contribution in [0.2, 0.25) is 0 Å². The van der Waals surface area contributed by atoms with Crippen LogP contribution in [0, 0.1) is 11.8 Å². The summed E-state index contributed by atoms with van der Waals surface area (Å²) in [6.45, 7) is 10.9. The van der Waals surface area contributed by atoms with Crippen molar-refractivity contribution in [2.24, 2.45) is 11.8 Å². The molecule has 1 aliphatic carbocycles. The highest BCUT2D eigenvalue weighted by Crippen LogP contribution is 2.36. The Labute approximate surface area is 111 Å². The van der Waals surface area contributed by atoms with Gasteiger partial charge in [-0.1, -0.05) is 27.7 Å². The summed E-state index contributed by atoms with van der Waals surface area (Å²) >= 11 is 0. The number of rotatable bonds is 3. The Balaban J connectivity index is 2.22. The van der Waals surface area contributed by atoms with E-state index in [1.54, 1.807) is 0 Å². The average Bonchev–Trinajstić information content (AvgIpc) is 2.83. The molecule has 1 heterocycles. The molecule has 1 N–H and O–H groups in total. The Hall–Kier alpha value is -0.570. The van der Waals surface area contributed by atoms with Crippen molar-refractivity contribution in [3.05, 3.63) is 0 Å². The fraction of sp³-hybridized carbons (Fsp3) is 0.933. The molecule has 0 spiro atoms. The zero-order valence-corrected chi connectivity index (χ0v) is 12.5. The van der Waals surface area contributed by atoms with Crippen LogP contribution in [0.5, 0.6) is 0 Å². The van der Waals surface area contributed by atoms with Crippen LogP contribution >= 0.6 is 0 Å². The first kappa shape index (κ1) is 13.9. The van der Waals surface area contributed by atoms with Crippen LogP contribution in [-0.2, 0) is 4.79 Å². The highest BCUT2D eigenvalue weighted by Gasteiger charge is 2.50. The Morgan fingerprint density at radius 2 is 2.11 bits per heavy atom. The summed E-state index contributed by atoms with van der Waals surface area (Å²) in [5, 5.41) is 3.58. The molecule has 2 aliphatic rings. The molecule has 4 unspecified atom stereocenters. The minimum absolute atomic E-state index is 0.220. The van der Waals surface area contributed by atoms with E-state index in [1.165, 1.54) is 19.3 Å². The van der Waals surface area contributed by atoms with E-state index in [1.807, 2.05) is 0 Å². The van der Waals surface area contributed by atoms with Crippen LogP contribution in [0.4, 0.5) is 0 Å². The van der Waals surface area contributed by atoms with Gasteiger partial charge in [-0.25, -0.2) is 0 Å². The van der Waals surface area contributed by atoms with Gasteiger partial charge in [-0.2, -0.15) is 0 Å². The zero-order valence-electron chi connectivity index (χ0n) is 12.5. The van der Waals surface area contributed by atoms with E-state index in [4.69, 9.17) is 0 Å². The second-order valence-electron chi connectivity index (χ2n) is 6.80. The quantitative estimate of drug-likeness (QED) is 0.837. The minimum atomic E-state index is -0.346. The van der Waals surface area contributed by atoms with Crippen LogP contribution in [0.1, 0.15) is 60.3 Å². The molecule has 1 aliphatic heterocycles. The van der Waals surface area contributed by atoms with Gasteiger partial charge in [-0.15, -0.1) is 0 Å². The van der Waals surface area contributed by atoms with Crippen LogP contribution in [0.3, 0.4) is 0 Å². The molecule has 1 saturated carbocycles. The Bertz CT molecular complexity index is 328. The van der Waals surface area contributed by atoms with Crippen molar-refractivity contribution in [1.82, 2.24) is 10.2 Å². The first-order valence-electron chi connectivity index (χ1n) is 7.49. The largest absolute Gasteiger partial charge is 0.322 e. The first-order chi connectivity index (χ1) is 8.39. The number of hydrogen-bond donors (Lipinski definition) is 1. The molecule has 18 heavy (non-hydrogen) atoms. The van der Waals surface area contributed by atoms with Gasteiger partial charge in [0.15, 0.2) is 0 Å². The van der Waals surface area contributed by atoms with Crippen molar-refractivity contribution in [2.75, 3.05) is 0 Å². The van der Waals surface area contributed by atoms with Gasteiger partial charge >= 0.3 is 0 Å². The maximum atomic E-state index is 12.7. The lowest BCUT2D eigenvalue weighted by Gasteiger charge is -2.32. The van der Waals surface area contributed by atoms with Crippen molar-refractivity contribution < 1.29 is 4.79 Å². The van der Waals surface area contributed by atoms with E-state index in [-0.39, 0.29) is 11.7 Å². The van der Waals surface area contributed by atoms with Crippen LogP contribution in [0.25, 0.3) is 0 Å². The summed E-state index contributed by atoms with van der Waals surface area (Å²) < 4.78 is 0. The van der Waals surface area contributed by atoms with Gasteiger partial charge in [0.1, 0.15) is 0 Å². The Morgan fingerprint density at radius 1 is 1.44 bits per heavy atom. The molecule has 1 saturated heterocycles. The molecule has 2 rings (SSSR count). The predicted octanol–water partition coefficient (Wildman–Crippen LogP) is 2.76. The fourth-order valence-electron chi connectivity index (χ4n) is 3.43. The van der Waals surface area contributed by atoms with Crippen molar-refractivity contribution in [1.29, 1.82) is 0 Å². The van der Waals surface area contributed by atoms with Gasteiger partial charge in [-0.3, -0.25) is 10.1 Å². The molecule has 3 heteroatoms. The van der Waals surface area contributed by atoms with Crippen LogP contribution < -0.4 is 5.32 Å². The smallest absolute Gasteiger partial charge is 0.244 e. The summed E-state index contributed by atoms with van der Waals surface area (Å²) in [6, 6.07) is 0.459. The Kier molecular flexibility index (Phi) is 3.72. The van der Waals surface area contributed by atoms with Crippen molar-refractivity contribution in [3.63, 3.8) is 0 Å². The topological polar surface area (TPSA) is 32.3 Å². The Morgan fingerprint density at radius 3 is 2.56 bits per heavy atom. The average molecular weight is 252 g/mol. The molecule has 0 radical (unpaired) electrons. The van der Waals surface area contributed by atoms with Gasteiger partial charge in [0.05, 0.1) is 11.7 Å². The van der Waals surface area contributed by atoms with Crippen LogP contribution in [0.15, 0.2) is 0 Å². The number of hydrogen-bond acceptors (Lipinski definition) is 2. The molecular weight excluding hydrogens is 224 g/mol. The molecule has 4 atom stereocenters. The van der Waals surface area contributed by atoms with E-state index >= 15 is 0 Å². The molecule has 3 nitrogen and oxygen atoms in total. The lowest BCUT2D eigenvalue weighted by atomic mass is 9.99. The molecule has 0 bridgehead atoms.